The first-order valence-electron chi connectivity index (χ1n) is 9.00. The molecule has 0 radical (unpaired) electrons. The Bertz CT molecular complexity index is 730. The number of rotatable bonds is 11. The van der Waals surface area contributed by atoms with Crippen LogP contribution in [0.15, 0.2) is 48.5 Å². The van der Waals surface area contributed by atoms with Crippen molar-refractivity contribution >= 4 is 17.6 Å². The van der Waals surface area contributed by atoms with Gasteiger partial charge < -0.3 is 24.4 Å². The standard InChI is InChI=1S/C21H25ClO6/c1-14(2)28-20(21(24)25)11-15-3-7-18(8-4-15)26-12-17(23)13-27-19-9-5-16(22)6-10-19/h3-10,14,17,20,23H,11-13H2,1-2H3,(H,24,25). The van der Waals surface area contributed by atoms with E-state index in [1.165, 1.54) is 0 Å². The summed E-state index contributed by atoms with van der Waals surface area (Å²) >= 11 is 5.81. The van der Waals surface area contributed by atoms with Crippen molar-refractivity contribution in [1.82, 2.24) is 0 Å². The second kappa shape index (κ2) is 10.9. The number of hydrogen-bond donors (Lipinski definition) is 2. The number of benzene rings is 2. The number of hydrogen-bond acceptors (Lipinski definition) is 5. The van der Waals surface area contributed by atoms with Gasteiger partial charge in [0.1, 0.15) is 30.8 Å². The fourth-order valence-corrected chi connectivity index (χ4v) is 2.55. The molecular weight excluding hydrogens is 384 g/mol. The van der Waals surface area contributed by atoms with E-state index in [1.807, 2.05) is 0 Å². The lowest BCUT2D eigenvalue weighted by atomic mass is 10.1. The molecule has 6 nitrogen and oxygen atoms in total. The molecule has 152 valence electrons. The summed E-state index contributed by atoms with van der Waals surface area (Å²) in [6, 6.07) is 13.9. The van der Waals surface area contributed by atoms with Gasteiger partial charge in [0.15, 0.2) is 6.10 Å². The molecule has 0 heterocycles. The van der Waals surface area contributed by atoms with Crippen LogP contribution in [-0.4, -0.2) is 47.7 Å². The summed E-state index contributed by atoms with van der Waals surface area (Å²) < 4.78 is 16.4. The number of carboxylic acids is 1. The number of aliphatic hydroxyl groups excluding tert-OH is 1. The van der Waals surface area contributed by atoms with Gasteiger partial charge in [-0.15, -0.1) is 0 Å². The molecule has 28 heavy (non-hydrogen) atoms. The van der Waals surface area contributed by atoms with E-state index in [9.17, 15) is 15.0 Å². The van der Waals surface area contributed by atoms with Gasteiger partial charge in [-0.05, 0) is 55.8 Å². The fraction of sp³-hybridized carbons (Fsp3) is 0.381. The summed E-state index contributed by atoms with van der Waals surface area (Å²) in [7, 11) is 0. The summed E-state index contributed by atoms with van der Waals surface area (Å²) in [5.74, 6) is 0.202. The largest absolute Gasteiger partial charge is 0.491 e. The summed E-state index contributed by atoms with van der Waals surface area (Å²) in [5.41, 5.74) is 0.826. The van der Waals surface area contributed by atoms with E-state index in [2.05, 4.69) is 0 Å². The molecule has 2 atom stereocenters. The van der Waals surface area contributed by atoms with Crippen molar-refractivity contribution in [2.45, 2.75) is 38.6 Å². The molecule has 2 aromatic carbocycles. The SMILES string of the molecule is CC(C)OC(Cc1ccc(OCC(O)COc2ccc(Cl)cc2)cc1)C(=O)O. The molecule has 2 rings (SSSR count). The van der Waals surface area contributed by atoms with E-state index in [4.69, 9.17) is 25.8 Å². The number of aliphatic carboxylic acids is 1. The normalized spacial score (nSPS) is 13.2. The molecule has 0 aliphatic carbocycles. The van der Waals surface area contributed by atoms with Crippen LogP contribution in [0.1, 0.15) is 19.4 Å². The number of carbonyl (C=O) groups is 1. The molecule has 0 saturated heterocycles. The summed E-state index contributed by atoms with van der Waals surface area (Å²) in [5, 5.41) is 19.8. The molecule has 0 spiro atoms. The van der Waals surface area contributed by atoms with Gasteiger partial charge in [-0.3, -0.25) is 0 Å². The van der Waals surface area contributed by atoms with E-state index < -0.39 is 18.2 Å². The van der Waals surface area contributed by atoms with Gasteiger partial charge in [0.05, 0.1) is 6.10 Å². The first-order chi connectivity index (χ1) is 13.3. The lowest BCUT2D eigenvalue weighted by Gasteiger charge is -2.17. The van der Waals surface area contributed by atoms with E-state index in [0.717, 1.165) is 5.56 Å². The maximum Gasteiger partial charge on any atom is 0.333 e. The Kier molecular flexibility index (Phi) is 8.57. The molecule has 0 aliphatic rings. The van der Waals surface area contributed by atoms with Crippen LogP contribution in [0.5, 0.6) is 11.5 Å². The Morgan fingerprint density at radius 1 is 0.964 bits per heavy atom. The molecule has 0 aromatic heterocycles. The number of ether oxygens (including phenoxy) is 3. The fourth-order valence-electron chi connectivity index (χ4n) is 2.42. The van der Waals surface area contributed by atoms with Crippen LogP contribution in [0.25, 0.3) is 0 Å². The van der Waals surface area contributed by atoms with Gasteiger partial charge in [-0.1, -0.05) is 23.7 Å². The van der Waals surface area contributed by atoms with Crippen LogP contribution in [0, 0.1) is 0 Å². The zero-order valence-electron chi connectivity index (χ0n) is 15.9. The van der Waals surface area contributed by atoms with Crippen molar-refractivity contribution in [2.75, 3.05) is 13.2 Å². The minimum Gasteiger partial charge on any atom is -0.491 e. The zero-order valence-corrected chi connectivity index (χ0v) is 16.6. The molecular formula is C21H25ClO6. The molecule has 2 unspecified atom stereocenters. The molecule has 0 fully saturated rings. The molecule has 0 bridgehead atoms. The van der Waals surface area contributed by atoms with Gasteiger partial charge in [-0.25, -0.2) is 4.79 Å². The Labute approximate surface area is 169 Å². The van der Waals surface area contributed by atoms with Crippen molar-refractivity contribution in [3.8, 4) is 11.5 Å². The minimum atomic E-state index is -0.988. The molecule has 0 amide bonds. The van der Waals surface area contributed by atoms with E-state index in [0.29, 0.717) is 16.5 Å². The quantitative estimate of drug-likeness (QED) is 0.591. The molecule has 2 N–H and O–H groups in total. The average molecular weight is 409 g/mol. The van der Waals surface area contributed by atoms with Gasteiger partial charge in [-0.2, -0.15) is 0 Å². The zero-order chi connectivity index (χ0) is 20.5. The van der Waals surface area contributed by atoms with E-state index in [-0.39, 0.29) is 25.7 Å². The highest BCUT2D eigenvalue weighted by molar-refractivity contribution is 6.30. The third kappa shape index (κ3) is 7.76. The van der Waals surface area contributed by atoms with E-state index >= 15 is 0 Å². The van der Waals surface area contributed by atoms with Crippen LogP contribution < -0.4 is 9.47 Å². The van der Waals surface area contributed by atoms with Crippen molar-refractivity contribution < 1.29 is 29.2 Å². The van der Waals surface area contributed by atoms with Crippen molar-refractivity contribution in [3.63, 3.8) is 0 Å². The first-order valence-corrected chi connectivity index (χ1v) is 9.37. The summed E-state index contributed by atoms with van der Waals surface area (Å²) in [6.07, 6.45) is -1.59. The Morgan fingerprint density at radius 3 is 1.93 bits per heavy atom. The highest BCUT2D eigenvalue weighted by Crippen LogP contribution is 2.17. The van der Waals surface area contributed by atoms with Crippen LogP contribution in [-0.2, 0) is 16.0 Å². The van der Waals surface area contributed by atoms with E-state index in [1.54, 1.807) is 62.4 Å². The predicted octanol–water partition coefficient (Wildman–Crippen LogP) is 3.58. The van der Waals surface area contributed by atoms with Gasteiger partial charge in [0, 0.05) is 11.4 Å². The molecule has 0 saturated carbocycles. The van der Waals surface area contributed by atoms with Gasteiger partial charge in [0.25, 0.3) is 0 Å². The van der Waals surface area contributed by atoms with Gasteiger partial charge in [0.2, 0.25) is 0 Å². The van der Waals surface area contributed by atoms with Crippen LogP contribution >= 0.6 is 11.6 Å². The first kappa shape index (κ1) is 22.0. The Hall–Kier alpha value is -2.28. The predicted molar refractivity (Wildman–Crippen MR) is 106 cm³/mol. The molecule has 7 heteroatoms. The van der Waals surface area contributed by atoms with Crippen LogP contribution in [0.3, 0.4) is 0 Å². The second-order valence-electron chi connectivity index (χ2n) is 6.59. The highest BCUT2D eigenvalue weighted by Gasteiger charge is 2.20. The van der Waals surface area contributed by atoms with Gasteiger partial charge >= 0.3 is 5.97 Å². The maximum absolute atomic E-state index is 11.3. The number of aliphatic hydroxyl groups is 1. The third-order valence-electron chi connectivity index (χ3n) is 3.75. The highest BCUT2D eigenvalue weighted by atomic mass is 35.5. The lowest BCUT2D eigenvalue weighted by molar-refractivity contribution is -0.153. The lowest BCUT2D eigenvalue weighted by Crippen LogP contribution is -2.29. The Morgan fingerprint density at radius 2 is 1.46 bits per heavy atom. The summed E-state index contributed by atoms with van der Waals surface area (Å²) in [6.45, 7) is 3.76. The summed E-state index contributed by atoms with van der Waals surface area (Å²) in [4.78, 5) is 11.3. The number of halogens is 1. The second-order valence-corrected chi connectivity index (χ2v) is 7.03. The van der Waals surface area contributed by atoms with Crippen molar-refractivity contribution in [2.24, 2.45) is 0 Å². The Balaban J connectivity index is 1.78. The number of carboxylic acid groups (broad SMARTS) is 1. The van der Waals surface area contributed by atoms with Crippen molar-refractivity contribution in [1.29, 1.82) is 0 Å². The van der Waals surface area contributed by atoms with Crippen LogP contribution in [0.4, 0.5) is 0 Å². The smallest absolute Gasteiger partial charge is 0.333 e. The minimum absolute atomic E-state index is 0.0706. The van der Waals surface area contributed by atoms with Crippen molar-refractivity contribution in [3.05, 3.63) is 59.1 Å². The third-order valence-corrected chi connectivity index (χ3v) is 4.01. The maximum atomic E-state index is 11.3. The average Bonchev–Trinajstić information content (AvgIpc) is 2.66. The monoisotopic (exact) mass is 408 g/mol. The van der Waals surface area contributed by atoms with Crippen LogP contribution in [0.2, 0.25) is 5.02 Å². The topological polar surface area (TPSA) is 85.2 Å². The molecule has 2 aromatic rings. The molecule has 0 aliphatic heterocycles.